The molecular formula is C18H17BrO4. The van der Waals surface area contributed by atoms with E-state index >= 15 is 0 Å². The van der Waals surface area contributed by atoms with Crippen LogP contribution in [0.4, 0.5) is 0 Å². The van der Waals surface area contributed by atoms with Crippen molar-refractivity contribution in [3.63, 3.8) is 0 Å². The Balaban J connectivity index is 1.76. The van der Waals surface area contributed by atoms with Crippen LogP contribution in [0.3, 0.4) is 0 Å². The van der Waals surface area contributed by atoms with E-state index in [-0.39, 0.29) is 19.0 Å². The van der Waals surface area contributed by atoms with Gasteiger partial charge in [-0.1, -0.05) is 47.1 Å². The Morgan fingerprint density at radius 1 is 0.957 bits per heavy atom. The van der Waals surface area contributed by atoms with Crippen LogP contribution >= 0.6 is 15.9 Å². The Hall–Kier alpha value is -2.14. The molecule has 0 saturated heterocycles. The molecule has 0 heterocycles. The summed E-state index contributed by atoms with van der Waals surface area (Å²) < 4.78 is 11.1. The molecule has 120 valence electrons. The highest BCUT2D eigenvalue weighted by atomic mass is 79.9. The Kier molecular flexibility index (Phi) is 6.35. The number of carbonyl (C=O) groups is 2. The number of Topliss-reactive ketones (excluding diaryl/α,β-unsaturated/α-hetero) is 1. The van der Waals surface area contributed by atoms with Gasteiger partial charge in [0.1, 0.15) is 5.75 Å². The number of esters is 1. The molecule has 0 aromatic heterocycles. The molecule has 0 fully saturated rings. The number of ketones is 1. The fraction of sp³-hybridized carbons (Fsp3) is 0.222. The summed E-state index contributed by atoms with van der Waals surface area (Å²) in [7, 11) is 0. The van der Waals surface area contributed by atoms with Crippen molar-refractivity contribution in [1.82, 2.24) is 0 Å². The Morgan fingerprint density at radius 3 is 2.22 bits per heavy atom. The zero-order chi connectivity index (χ0) is 16.7. The number of aryl methyl sites for hydroxylation is 1. The molecule has 0 saturated carbocycles. The van der Waals surface area contributed by atoms with E-state index in [1.54, 1.807) is 24.3 Å². The molecule has 0 bridgehead atoms. The number of halogens is 1. The second-order valence-electron chi connectivity index (χ2n) is 4.88. The fourth-order valence-electron chi connectivity index (χ4n) is 1.87. The third-order valence-electron chi connectivity index (χ3n) is 3.22. The van der Waals surface area contributed by atoms with E-state index in [0.717, 1.165) is 16.5 Å². The lowest BCUT2D eigenvalue weighted by Crippen LogP contribution is -2.19. The van der Waals surface area contributed by atoms with Gasteiger partial charge in [0, 0.05) is 10.0 Å². The van der Waals surface area contributed by atoms with E-state index in [1.165, 1.54) is 0 Å². The van der Waals surface area contributed by atoms with Gasteiger partial charge in [-0.25, -0.2) is 4.79 Å². The average molecular weight is 377 g/mol. The molecule has 0 aliphatic rings. The summed E-state index contributed by atoms with van der Waals surface area (Å²) in [6.07, 6.45) is 0.914. The van der Waals surface area contributed by atoms with Gasteiger partial charge >= 0.3 is 5.97 Å². The third-order valence-corrected chi connectivity index (χ3v) is 3.75. The number of hydrogen-bond donors (Lipinski definition) is 0. The topological polar surface area (TPSA) is 52.6 Å². The summed E-state index contributed by atoms with van der Waals surface area (Å²) in [6, 6.07) is 14.4. The van der Waals surface area contributed by atoms with E-state index in [1.807, 2.05) is 31.2 Å². The van der Waals surface area contributed by atoms with Crippen molar-refractivity contribution in [3.8, 4) is 5.75 Å². The maximum Gasteiger partial charge on any atom is 0.344 e. The molecule has 0 unspecified atom stereocenters. The maximum absolute atomic E-state index is 11.9. The zero-order valence-corrected chi connectivity index (χ0v) is 14.3. The van der Waals surface area contributed by atoms with Crippen molar-refractivity contribution in [2.24, 2.45) is 0 Å². The van der Waals surface area contributed by atoms with Gasteiger partial charge in [-0.15, -0.1) is 0 Å². The van der Waals surface area contributed by atoms with Crippen LogP contribution < -0.4 is 4.74 Å². The highest BCUT2D eigenvalue weighted by Crippen LogP contribution is 2.16. The second-order valence-corrected chi connectivity index (χ2v) is 5.79. The molecular weight excluding hydrogens is 360 g/mol. The van der Waals surface area contributed by atoms with E-state index < -0.39 is 5.97 Å². The van der Waals surface area contributed by atoms with Crippen molar-refractivity contribution in [2.45, 2.75) is 13.3 Å². The van der Waals surface area contributed by atoms with Gasteiger partial charge in [0.2, 0.25) is 0 Å². The summed E-state index contributed by atoms with van der Waals surface area (Å²) in [5, 5.41) is 0. The summed E-state index contributed by atoms with van der Waals surface area (Å²) in [6.45, 7) is 1.53. The summed E-state index contributed by atoms with van der Waals surface area (Å²) in [5.74, 6) is -0.247. The number of carbonyl (C=O) groups excluding carboxylic acids is 2. The van der Waals surface area contributed by atoms with E-state index in [2.05, 4.69) is 15.9 Å². The molecule has 2 aromatic carbocycles. The van der Waals surface area contributed by atoms with E-state index in [0.29, 0.717) is 11.3 Å². The van der Waals surface area contributed by atoms with Gasteiger partial charge in [-0.2, -0.15) is 0 Å². The number of benzene rings is 2. The largest absolute Gasteiger partial charge is 0.482 e. The predicted octanol–water partition coefficient (Wildman–Crippen LogP) is 3.82. The standard InChI is InChI=1S/C18H17BrO4/c1-2-13-3-5-14(6-4-13)17(20)11-23-18(21)12-22-16-9-7-15(19)8-10-16/h3-10H,2,11-12H2,1H3. The Morgan fingerprint density at radius 2 is 1.61 bits per heavy atom. The highest BCUT2D eigenvalue weighted by Gasteiger charge is 2.10. The van der Waals surface area contributed by atoms with Gasteiger partial charge in [0.15, 0.2) is 19.0 Å². The SMILES string of the molecule is CCc1ccc(C(=O)COC(=O)COc2ccc(Br)cc2)cc1. The van der Waals surface area contributed by atoms with Crippen LogP contribution in [-0.4, -0.2) is 25.0 Å². The highest BCUT2D eigenvalue weighted by molar-refractivity contribution is 9.10. The van der Waals surface area contributed by atoms with Crippen molar-refractivity contribution >= 4 is 27.7 Å². The van der Waals surface area contributed by atoms with E-state index in [4.69, 9.17) is 9.47 Å². The van der Waals surface area contributed by atoms with Crippen molar-refractivity contribution in [3.05, 3.63) is 64.1 Å². The second kappa shape index (κ2) is 8.48. The average Bonchev–Trinajstić information content (AvgIpc) is 2.59. The minimum Gasteiger partial charge on any atom is -0.482 e. The van der Waals surface area contributed by atoms with Crippen LogP contribution in [0, 0.1) is 0 Å². The predicted molar refractivity (Wildman–Crippen MR) is 90.7 cm³/mol. The van der Waals surface area contributed by atoms with Gasteiger partial charge in [0.05, 0.1) is 0 Å². The van der Waals surface area contributed by atoms with Gasteiger partial charge in [0.25, 0.3) is 0 Å². The van der Waals surface area contributed by atoms with Crippen molar-refractivity contribution in [1.29, 1.82) is 0 Å². The van der Waals surface area contributed by atoms with Gasteiger partial charge < -0.3 is 9.47 Å². The first-order valence-electron chi connectivity index (χ1n) is 7.24. The number of rotatable bonds is 7. The van der Waals surface area contributed by atoms with Crippen molar-refractivity contribution in [2.75, 3.05) is 13.2 Å². The van der Waals surface area contributed by atoms with Crippen LogP contribution in [0.2, 0.25) is 0 Å². The molecule has 4 nitrogen and oxygen atoms in total. The van der Waals surface area contributed by atoms with Gasteiger partial charge in [-0.05, 0) is 36.2 Å². The molecule has 2 aromatic rings. The fourth-order valence-corrected chi connectivity index (χ4v) is 2.13. The first kappa shape index (κ1) is 17.2. The Labute approximate surface area is 143 Å². The van der Waals surface area contributed by atoms with Crippen LogP contribution in [0.25, 0.3) is 0 Å². The molecule has 0 amide bonds. The summed E-state index contributed by atoms with van der Waals surface area (Å²) in [5.41, 5.74) is 1.69. The lowest BCUT2D eigenvalue weighted by molar-refractivity contribution is -0.144. The lowest BCUT2D eigenvalue weighted by atomic mass is 10.1. The Bertz CT molecular complexity index is 662. The normalized spacial score (nSPS) is 10.2. The van der Waals surface area contributed by atoms with Crippen molar-refractivity contribution < 1.29 is 19.1 Å². The first-order chi connectivity index (χ1) is 11.1. The molecule has 5 heteroatoms. The molecule has 0 radical (unpaired) electrons. The zero-order valence-electron chi connectivity index (χ0n) is 12.8. The molecule has 0 N–H and O–H groups in total. The monoisotopic (exact) mass is 376 g/mol. The minimum atomic E-state index is -0.577. The lowest BCUT2D eigenvalue weighted by Gasteiger charge is -2.07. The molecule has 23 heavy (non-hydrogen) atoms. The maximum atomic E-state index is 11.9. The number of ether oxygens (including phenoxy) is 2. The molecule has 0 spiro atoms. The molecule has 0 atom stereocenters. The molecule has 0 aliphatic carbocycles. The smallest absolute Gasteiger partial charge is 0.344 e. The summed E-state index contributed by atoms with van der Waals surface area (Å²) >= 11 is 3.31. The van der Waals surface area contributed by atoms with Crippen LogP contribution in [0.5, 0.6) is 5.75 Å². The van der Waals surface area contributed by atoms with Crippen LogP contribution in [-0.2, 0) is 16.0 Å². The third kappa shape index (κ3) is 5.53. The quantitative estimate of drug-likeness (QED) is 0.544. The van der Waals surface area contributed by atoms with Crippen LogP contribution in [0.1, 0.15) is 22.8 Å². The first-order valence-corrected chi connectivity index (χ1v) is 8.04. The summed E-state index contributed by atoms with van der Waals surface area (Å²) in [4.78, 5) is 23.5. The van der Waals surface area contributed by atoms with E-state index in [9.17, 15) is 9.59 Å². The molecule has 2 rings (SSSR count). The van der Waals surface area contributed by atoms with Crippen LogP contribution in [0.15, 0.2) is 53.0 Å². The molecule has 0 aliphatic heterocycles. The minimum absolute atomic E-state index is 0.232. The number of hydrogen-bond acceptors (Lipinski definition) is 4. The van der Waals surface area contributed by atoms with Gasteiger partial charge in [-0.3, -0.25) is 4.79 Å².